The molecule has 0 aliphatic heterocycles. The zero-order chi connectivity index (χ0) is 16.1. The molecule has 2 aromatic carbocycles. The minimum Gasteiger partial charge on any atom is -0.289 e. The van der Waals surface area contributed by atoms with Crippen molar-refractivity contribution in [1.82, 2.24) is 19.7 Å². The van der Waals surface area contributed by atoms with Gasteiger partial charge in [0.25, 0.3) is 5.56 Å². The third-order valence-corrected chi connectivity index (χ3v) is 4.27. The van der Waals surface area contributed by atoms with Crippen LogP contribution in [0.15, 0.2) is 71.8 Å². The van der Waals surface area contributed by atoms with E-state index in [1.165, 1.54) is 4.68 Å². The summed E-state index contributed by atoms with van der Waals surface area (Å²) in [5, 5.41) is 5.70. The van der Waals surface area contributed by atoms with Gasteiger partial charge in [0.1, 0.15) is 0 Å². The number of hydrogen-bond acceptors (Lipinski definition) is 3. The van der Waals surface area contributed by atoms with Crippen LogP contribution >= 0.6 is 0 Å². The Kier molecular flexibility index (Phi) is 2.58. The van der Waals surface area contributed by atoms with Gasteiger partial charge < -0.3 is 0 Å². The molecule has 5 aromatic rings. The maximum absolute atomic E-state index is 12.8. The van der Waals surface area contributed by atoms with Crippen LogP contribution in [-0.4, -0.2) is 19.7 Å². The van der Waals surface area contributed by atoms with Crippen molar-refractivity contribution in [3.63, 3.8) is 0 Å². The smallest absolute Gasteiger partial charge is 0.280 e. The highest BCUT2D eigenvalue weighted by atomic mass is 16.1. The Morgan fingerprint density at radius 2 is 1.58 bits per heavy atom. The predicted molar refractivity (Wildman–Crippen MR) is 94.5 cm³/mol. The van der Waals surface area contributed by atoms with E-state index in [2.05, 4.69) is 15.1 Å². The van der Waals surface area contributed by atoms with Gasteiger partial charge in [-0.05, 0) is 18.2 Å². The topological polar surface area (TPSA) is 63.6 Å². The molecule has 5 heteroatoms. The molecule has 5 nitrogen and oxygen atoms in total. The van der Waals surface area contributed by atoms with E-state index in [1.807, 2.05) is 54.6 Å². The minimum atomic E-state index is -0.125. The van der Waals surface area contributed by atoms with Gasteiger partial charge in [-0.1, -0.05) is 36.4 Å². The number of aromatic amines is 1. The van der Waals surface area contributed by atoms with Gasteiger partial charge in [-0.2, -0.15) is 0 Å². The van der Waals surface area contributed by atoms with E-state index in [0.717, 1.165) is 27.3 Å². The van der Waals surface area contributed by atoms with Crippen LogP contribution in [0.2, 0.25) is 0 Å². The standard InChI is InChI=1S/C19H12N4O/c24-19-15-11-21-17-8-4-2-6-14(17)18(15)22-23(19)13-9-12-5-1-3-7-16(12)20-10-13/h1-11,22H. The van der Waals surface area contributed by atoms with Crippen LogP contribution in [0.1, 0.15) is 0 Å². The largest absolute Gasteiger partial charge is 0.289 e. The first-order chi connectivity index (χ1) is 11.8. The molecular formula is C19H12N4O. The van der Waals surface area contributed by atoms with Crippen molar-refractivity contribution in [1.29, 1.82) is 0 Å². The van der Waals surface area contributed by atoms with E-state index in [4.69, 9.17) is 0 Å². The molecule has 0 fully saturated rings. The maximum atomic E-state index is 12.8. The van der Waals surface area contributed by atoms with E-state index in [0.29, 0.717) is 11.1 Å². The fourth-order valence-corrected chi connectivity index (χ4v) is 3.07. The monoisotopic (exact) mass is 312 g/mol. The number of H-pyrrole nitrogens is 1. The average Bonchev–Trinajstić information content (AvgIpc) is 2.98. The highest BCUT2D eigenvalue weighted by molar-refractivity contribution is 6.02. The summed E-state index contributed by atoms with van der Waals surface area (Å²) < 4.78 is 1.53. The molecule has 0 aliphatic carbocycles. The molecule has 0 bridgehead atoms. The zero-order valence-corrected chi connectivity index (χ0v) is 12.6. The summed E-state index contributed by atoms with van der Waals surface area (Å²) in [5.41, 5.74) is 3.13. The van der Waals surface area contributed by atoms with Crippen molar-refractivity contribution in [2.24, 2.45) is 0 Å². The number of nitrogens with one attached hydrogen (secondary N) is 1. The van der Waals surface area contributed by atoms with Crippen LogP contribution in [0.4, 0.5) is 0 Å². The van der Waals surface area contributed by atoms with Gasteiger partial charge >= 0.3 is 0 Å². The molecule has 0 saturated heterocycles. The molecule has 0 amide bonds. The predicted octanol–water partition coefficient (Wildman–Crippen LogP) is 3.42. The number of para-hydroxylation sites is 2. The van der Waals surface area contributed by atoms with Gasteiger partial charge in [0, 0.05) is 17.0 Å². The van der Waals surface area contributed by atoms with E-state index in [-0.39, 0.29) is 5.56 Å². The normalized spacial score (nSPS) is 11.5. The molecule has 1 N–H and O–H groups in total. The van der Waals surface area contributed by atoms with Crippen molar-refractivity contribution in [3.8, 4) is 5.69 Å². The van der Waals surface area contributed by atoms with E-state index in [1.54, 1.807) is 12.4 Å². The number of benzene rings is 2. The van der Waals surface area contributed by atoms with Gasteiger partial charge in [0.15, 0.2) is 0 Å². The molecule has 0 radical (unpaired) electrons. The van der Waals surface area contributed by atoms with Crippen LogP contribution in [0, 0.1) is 0 Å². The maximum Gasteiger partial charge on any atom is 0.280 e. The molecule has 3 heterocycles. The van der Waals surface area contributed by atoms with Gasteiger partial charge in [-0.3, -0.25) is 19.9 Å². The zero-order valence-electron chi connectivity index (χ0n) is 12.6. The lowest BCUT2D eigenvalue weighted by Gasteiger charge is -2.03. The molecule has 0 atom stereocenters. The van der Waals surface area contributed by atoms with Crippen LogP contribution < -0.4 is 5.56 Å². The van der Waals surface area contributed by atoms with Crippen LogP contribution in [0.25, 0.3) is 38.4 Å². The Morgan fingerprint density at radius 3 is 2.50 bits per heavy atom. The molecular weight excluding hydrogens is 300 g/mol. The number of nitrogens with zero attached hydrogens (tertiary/aromatic N) is 3. The minimum absolute atomic E-state index is 0.125. The van der Waals surface area contributed by atoms with Crippen molar-refractivity contribution in [2.45, 2.75) is 0 Å². The van der Waals surface area contributed by atoms with Crippen molar-refractivity contribution in [2.75, 3.05) is 0 Å². The van der Waals surface area contributed by atoms with E-state index < -0.39 is 0 Å². The molecule has 0 unspecified atom stereocenters. The Balaban J connectivity index is 1.83. The highest BCUT2D eigenvalue weighted by Crippen LogP contribution is 2.21. The molecule has 0 saturated carbocycles. The third-order valence-electron chi connectivity index (χ3n) is 4.27. The number of aromatic nitrogens is 4. The van der Waals surface area contributed by atoms with Gasteiger partial charge in [-0.15, -0.1) is 0 Å². The number of rotatable bonds is 1. The van der Waals surface area contributed by atoms with Crippen molar-refractivity contribution < 1.29 is 0 Å². The summed E-state index contributed by atoms with van der Waals surface area (Å²) in [6.45, 7) is 0. The van der Waals surface area contributed by atoms with Gasteiger partial charge in [0.05, 0.1) is 33.8 Å². The molecule has 0 aliphatic rings. The quantitative estimate of drug-likeness (QED) is 0.516. The first kappa shape index (κ1) is 13.0. The summed E-state index contributed by atoms with van der Waals surface area (Å²) in [4.78, 5) is 21.6. The molecule has 3 aromatic heterocycles. The number of fused-ring (bicyclic) bond motifs is 4. The third kappa shape index (κ3) is 1.78. The lowest BCUT2D eigenvalue weighted by Crippen LogP contribution is -2.14. The second kappa shape index (κ2) is 4.76. The van der Waals surface area contributed by atoms with Gasteiger partial charge in [-0.25, -0.2) is 4.68 Å². The van der Waals surface area contributed by atoms with E-state index in [9.17, 15) is 4.79 Å². The van der Waals surface area contributed by atoms with Gasteiger partial charge in [0.2, 0.25) is 0 Å². The molecule has 114 valence electrons. The summed E-state index contributed by atoms with van der Waals surface area (Å²) in [6, 6.07) is 17.6. The van der Waals surface area contributed by atoms with Crippen molar-refractivity contribution in [3.05, 3.63) is 77.3 Å². The molecule has 0 spiro atoms. The lowest BCUT2D eigenvalue weighted by atomic mass is 10.2. The molecule has 24 heavy (non-hydrogen) atoms. The van der Waals surface area contributed by atoms with E-state index >= 15 is 0 Å². The van der Waals surface area contributed by atoms with Crippen LogP contribution in [0.5, 0.6) is 0 Å². The summed E-state index contributed by atoms with van der Waals surface area (Å²) in [6.07, 6.45) is 3.33. The fourth-order valence-electron chi connectivity index (χ4n) is 3.07. The average molecular weight is 312 g/mol. The second-order valence-electron chi connectivity index (χ2n) is 5.70. The fraction of sp³-hybridized carbons (Fsp3) is 0. The summed E-state index contributed by atoms with van der Waals surface area (Å²) in [7, 11) is 0. The Morgan fingerprint density at radius 1 is 0.833 bits per heavy atom. The SMILES string of the molecule is O=c1c2cnc3ccccc3c2[nH]n1-c1cnc2ccccc2c1. The van der Waals surface area contributed by atoms with Crippen molar-refractivity contribution >= 4 is 32.7 Å². The second-order valence-corrected chi connectivity index (χ2v) is 5.70. The molecule has 5 rings (SSSR count). The lowest BCUT2D eigenvalue weighted by molar-refractivity contribution is 0.861. The van der Waals surface area contributed by atoms with Crippen LogP contribution in [-0.2, 0) is 0 Å². The number of hydrogen-bond donors (Lipinski definition) is 1. The Labute approximate surface area is 136 Å². The Hall–Kier alpha value is -3.47. The summed E-state index contributed by atoms with van der Waals surface area (Å²) in [5.74, 6) is 0. The Bertz CT molecular complexity index is 1280. The highest BCUT2D eigenvalue weighted by Gasteiger charge is 2.12. The first-order valence-corrected chi connectivity index (χ1v) is 7.65. The van der Waals surface area contributed by atoms with Crippen LogP contribution in [0.3, 0.4) is 0 Å². The number of pyridine rings is 2. The first-order valence-electron chi connectivity index (χ1n) is 7.65. The summed E-state index contributed by atoms with van der Waals surface area (Å²) >= 11 is 0.